The van der Waals surface area contributed by atoms with Crippen LogP contribution in [0.4, 0.5) is 0 Å². The van der Waals surface area contributed by atoms with Gasteiger partial charge in [-0.15, -0.1) is 0 Å². The molecular weight excluding hydrogens is 1860 g/mol. The van der Waals surface area contributed by atoms with E-state index in [-0.39, 0.29) is 77.4 Å². The number of aliphatic hydroxyl groups excluding tert-OH is 7. The van der Waals surface area contributed by atoms with Gasteiger partial charge in [-0.25, -0.2) is 0 Å². The second kappa shape index (κ2) is 63.2. The van der Waals surface area contributed by atoms with Gasteiger partial charge in [0, 0.05) is 25.3 Å². The molecule has 22 atom stereocenters. The van der Waals surface area contributed by atoms with Crippen molar-refractivity contribution in [3.63, 3.8) is 0 Å². The molecule has 20 amide bonds. The number of thiol groups is 1. The zero-order valence-electron chi connectivity index (χ0n) is 79.7. The number of guanidine groups is 1. The number of carbonyl (C=O) groups is 22. The number of aliphatic hydroxyl groups is 7. The van der Waals surface area contributed by atoms with E-state index in [4.69, 9.17) is 28.3 Å². The van der Waals surface area contributed by atoms with Gasteiger partial charge in [0.05, 0.1) is 64.2 Å². The molecule has 0 unspecified atom stereocenters. The van der Waals surface area contributed by atoms with Crippen molar-refractivity contribution in [3.8, 4) is 0 Å². The first-order chi connectivity index (χ1) is 65.0. The maximum atomic E-state index is 14.4. The van der Waals surface area contributed by atoms with Crippen LogP contribution in [0.5, 0.6) is 0 Å². The fourth-order valence-corrected chi connectivity index (χ4v) is 13.6. The minimum atomic E-state index is -2.05. The van der Waals surface area contributed by atoms with E-state index in [1.807, 2.05) is 0 Å². The number of nitrogens with zero attached hydrogens (tertiary/aromatic N) is 1. The van der Waals surface area contributed by atoms with Crippen LogP contribution in [0.15, 0.2) is 0 Å². The summed E-state index contributed by atoms with van der Waals surface area (Å²) in [6, 6.07) is -31.7. The Kier molecular flexibility index (Phi) is 56.7. The molecule has 0 radical (unpaired) electrons. The van der Waals surface area contributed by atoms with Gasteiger partial charge in [-0.05, 0) is 116 Å². The molecule has 37 N–H and O–H groups in total. The highest BCUT2D eigenvalue weighted by molar-refractivity contribution is 7.80. The summed E-state index contributed by atoms with van der Waals surface area (Å²) in [7, 11) is 0. The summed E-state index contributed by atoms with van der Waals surface area (Å²) >= 11 is 4.16. The quantitative estimate of drug-likeness (QED) is 0.0116. The molecule has 1 heterocycles. The molecule has 57 heteroatoms. The summed E-state index contributed by atoms with van der Waals surface area (Å²) in [6.07, 6.45) is -4.65. The third-order valence-electron chi connectivity index (χ3n) is 21.6. The molecule has 0 bridgehead atoms. The molecule has 0 aromatic carbocycles. The number of carbonyl (C=O) groups excluding carboxylic acids is 20. The van der Waals surface area contributed by atoms with Crippen molar-refractivity contribution < 1.29 is 151 Å². The van der Waals surface area contributed by atoms with Crippen molar-refractivity contribution in [2.75, 3.05) is 65.0 Å². The maximum absolute atomic E-state index is 14.4. The van der Waals surface area contributed by atoms with Gasteiger partial charge >= 0.3 is 11.9 Å². The van der Waals surface area contributed by atoms with Gasteiger partial charge < -0.3 is 175 Å². The van der Waals surface area contributed by atoms with Crippen molar-refractivity contribution in [2.24, 2.45) is 46.6 Å². The Morgan fingerprint density at radius 2 is 0.806 bits per heavy atom. The fourth-order valence-electron chi connectivity index (χ4n) is 13.3. The Hall–Kier alpha value is -12.4. The number of likely N-dealkylation sites (tertiary alicyclic amines) is 1. The van der Waals surface area contributed by atoms with Crippen LogP contribution < -0.4 is 124 Å². The molecular formula is C82H143N25O31S. The Balaban J connectivity index is 3.31. The van der Waals surface area contributed by atoms with Crippen molar-refractivity contribution >= 4 is 149 Å². The molecule has 56 nitrogen and oxygen atoms in total. The number of amides is 20. The summed E-state index contributed by atoms with van der Waals surface area (Å²) in [6.45, 7) is 9.94. The van der Waals surface area contributed by atoms with Crippen LogP contribution >= 0.6 is 12.6 Å². The van der Waals surface area contributed by atoms with Crippen LogP contribution in [0.25, 0.3) is 0 Å². The smallest absolute Gasteiger partial charge is 0.325 e. The largest absolute Gasteiger partial charge is 0.481 e. The van der Waals surface area contributed by atoms with Gasteiger partial charge in [0.15, 0.2) is 5.96 Å². The lowest BCUT2D eigenvalue weighted by atomic mass is 9.96. The van der Waals surface area contributed by atoms with Crippen molar-refractivity contribution in [1.29, 1.82) is 5.41 Å². The van der Waals surface area contributed by atoms with Crippen molar-refractivity contribution in [3.05, 3.63) is 0 Å². The minimum absolute atomic E-state index is 0.00213. The van der Waals surface area contributed by atoms with Crippen LogP contribution in [-0.2, 0) is 105 Å². The third kappa shape index (κ3) is 43.7. The Bertz CT molecular complexity index is 4210. The van der Waals surface area contributed by atoms with Gasteiger partial charge in [-0.2, -0.15) is 12.6 Å². The molecule has 1 aliphatic heterocycles. The first-order valence-corrected chi connectivity index (χ1v) is 45.7. The average Bonchev–Trinajstić information content (AvgIpc) is 1.70. The first kappa shape index (κ1) is 125. The Labute approximate surface area is 806 Å². The zero-order valence-corrected chi connectivity index (χ0v) is 80.6. The number of aliphatic carboxylic acids is 2. The number of hydrogen-bond donors (Lipinski definition) is 34. The molecule has 0 spiro atoms. The average molecular weight is 2010 g/mol. The lowest BCUT2D eigenvalue weighted by molar-refractivity contribution is -0.143. The van der Waals surface area contributed by atoms with Gasteiger partial charge in [-0.3, -0.25) is 111 Å². The van der Waals surface area contributed by atoms with Gasteiger partial charge in [0.2, 0.25) is 118 Å². The van der Waals surface area contributed by atoms with Crippen molar-refractivity contribution in [2.45, 2.75) is 287 Å². The lowest BCUT2D eigenvalue weighted by Crippen LogP contribution is -2.64. The van der Waals surface area contributed by atoms with Crippen LogP contribution in [0.3, 0.4) is 0 Å². The summed E-state index contributed by atoms with van der Waals surface area (Å²) in [5.41, 5.74) is 21.9. The first-order valence-electron chi connectivity index (χ1n) is 45.1. The lowest BCUT2D eigenvalue weighted by Gasteiger charge is -2.31. The monoisotopic (exact) mass is 2010 g/mol. The zero-order chi connectivity index (χ0) is 106. The summed E-state index contributed by atoms with van der Waals surface area (Å²) in [5.74, 6) is -29.1. The highest BCUT2D eigenvalue weighted by Crippen LogP contribution is 2.21. The Morgan fingerprint density at radius 3 is 1.27 bits per heavy atom. The SMILES string of the molecule is CC[C@H](C)[C@H](NC(=O)[C@@H](NC(=O)[C@@H](NC(=O)[C@H](CCCNC(=N)N)NC(=O)[C@H](CC(=O)O)NC(=O)CNC(=O)[C@@H](NC(=O)[C@H](CO)NC(=O)[C@H](C)NC(=O)[C@H](CO)NC(=O)[C@H](CC(C)C)NC(=O)[C@H](CO)NC(=O)[C@H](CO)NC(=O)[C@@H]1CCCN1C(=O)[C@H](CO)NC(=O)[C@@H](N)CCC(N)=O)C(C)C)C(C)C)[C@@H](C)O)C(=O)N[C@H](C(=O)N[C@@H](CS)C(=O)N[C@@H](CCCCN)C(=O)N[C@@H](C)C(=O)O)[C@@H](C)O. The molecule has 0 aromatic rings. The predicted molar refractivity (Wildman–Crippen MR) is 491 cm³/mol. The highest BCUT2D eigenvalue weighted by Gasteiger charge is 2.44. The van der Waals surface area contributed by atoms with Crippen LogP contribution in [0.1, 0.15) is 160 Å². The van der Waals surface area contributed by atoms with Gasteiger partial charge in [-0.1, -0.05) is 61.8 Å². The number of nitrogens with one attached hydrogen (secondary N) is 20. The number of primary amides is 1. The van der Waals surface area contributed by atoms with Gasteiger partial charge in [0.25, 0.3) is 0 Å². The molecule has 0 aliphatic carbocycles. The summed E-state index contributed by atoms with van der Waals surface area (Å²) in [5, 5.41) is 143. The van der Waals surface area contributed by atoms with E-state index in [9.17, 15) is 151 Å². The van der Waals surface area contributed by atoms with E-state index in [1.54, 1.807) is 20.8 Å². The number of rotatable bonds is 65. The molecule has 1 saturated heterocycles. The highest BCUT2D eigenvalue weighted by atomic mass is 32.1. The second-order valence-corrected chi connectivity index (χ2v) is 34.7. The summed E-state index contributed by atoms with van der Waals surface area (Å²) < 4.78 is 0. The second-order valence-electron chi connectivity index (χ2n) is 34.4. The van der Waals surface area contributed by atoms with Crippen LogP contribution in [-0.4, -0.2) is 379 Å². The van der Waals surface area contributed by atoms with Crippen LogP contribution in [0.2, 0.25) is 0 Å². The minimum Gasteiger partial charge on any atom is -0.481 e. The number of nitrogens with two attached hydrogens (primary N) is 4. The molecule has 1 rings (SSSR count). The maximum Gasteiger partial charge on any atom is 0.325 e. The number of carboxylic acid groups (broad SMARTS) is 2. The third-order valence-corrected chi connectivity index (χ3v) is 22.0. The van der Waals surface area contributed by atoms with E-state index in [1.165, 1.54) is 41.5 Å². The topological polar surface area (TPSA) is 917 Å². The van der Waals surface area contributed by atoms with E-state index < -0.39 is 338 Å². The van der Waals surface area contributed by atoms with Crippen molar-refractivity contribution in [1.82, 2.24) is 106 Å². The summed E-state index contributed by atoms with van der Waals surface area (Å²) in [4.78, 5) is 296. The van der Waals surface area contributed by atoms with E-state index in [2.05, 4.69) is 114 Å². The molecule has 0 aromatic heterocycles. The fraction of sp³-hybridized carbons (Fsp3) is 0.720. The predicted octanol–water partition coefficient (Wildman–Crippen LogP) is -15.0. The Morgan fingerprint density at radius 1 is 0.417 bits per heavy atom. The molecule has 788 valence electrons. The number of carboxylic acids is 2. The molecule has 0 saturated carbocycles. The number of unbranched alkanes of at least 4 members (excludes halogenated alkanes) is 1. The standard InChI is InChI=1S/C82H143N25O31S/c1-13-38(8)60(77(133)106-61(41(11)113)78(134)101-53(34-139)73(129)94-44(18-14-15-23-83)65(121)91-40(10)81(137)138)104-79(135)62(42(12)114)105-76(132)59(37(6)7)103-66(122)45(19-16-24-88-82(86)87)93-68(124)47(27-57(117)118)92-56(116)28-89-75(131)58(36(4)5)102-72(128)51(32-111)96-63(119)39(9)90-69(125)48(29-108)97-67(123)46(26-35(2)3)95-70(126)49(30-109)98-71(127)50(31-110)99-74(130)54-20-17-25-107(54)80(136)52(33-112)100-64(120)43(84)21-22-55(85)115/h35-54,58-62,108-114,139H,13-34,83-84H2,1-12H3,(H2,85,115)(H,89,131)(H,90,125)(H,91,121)(H,92,116)(H,93,124)(H,94,129)(H,95,126)(H,96,119)(H,97,123)(H,98,127)(H,99,130)(H,100,120)(H,101,134)(H,102,128)(H,103,122)(H,104,135)(H,105,132)(H,106,133)(H,117,118)(H,137,138)(H4,86,87,88)/t38-,39-,40-,41+,42+,43-,44-,45-,46-,47-,48-,49-,50-,51-,52-,53-,54-,58-,59-,60-,61-,62-/m0/s1. The van der Waals surface area contributed by atoms with E-state index >= 15 is 0 Å². The molecule has 139 heavy (non-hydrogen) atoms. The van der Waals surface area contributed by atoms with Crippen LogP contribution in [0, 0.1) is 29.1 Å². The number of hydrogen-bond acceptors (Lipinski definition) is 33. The normalized spacial score (nSPS) is 16.9. The van der Waals surface area contributed by atoms with E-state index in [0.717, 1.165) is 25.7 Å². The van der Waals surface area contributed by atoms with E-state index in [0.29, 0.717) is 12.8 Å². The molecule has 1 fully saturated rings. The van der Waals surface area contributed by atoms with Gasteiger partial charge in [0.1, 0.15) is 109 Å². The molecule has 1 aliphatic rings.